The van der Waals surface area contributed by atoms with Crippen LogP contribution in [0, 0.1) is 5.82 Å². The molecular formula is C14H17ClFNO3. The van der Waals surface area contributed by atoms with Crippen molar-refractivity contribution in [3.05, 3.63) is 34.6 Å². The van der Waals surface area contributed by atoms with Crippen LogP contribution in [0.1, 0.15) is 31.1 Å². The van der Waals surface area contributed by atoms with Crippen molar-refractivity contribution in [3.8, 4) is 0 Å². The van der Waals surface area contributed by atoms with Crippen molar-refractivity contribution in [2.24, 2.45) is 0 Å². The Bertz CT molecular complexity index is 512. The number of hydrogen-bond acceptors (Lipinski definition) is 4. The molecule has 6 heteroatoms. The zero-order valence-electron chi connectivity index (χ0n) is 11.6. The largest absolute Gasteiger partial charge is 0.459 e. The van der Waals surface area contributed by atoms with E-state index in [0.717, 1.165) is 6.07 Å². The second-order valence-corrected chi connectivity index (χ2v) is 5.64. The lowest BCUT2D eigenvalue weighted by atomic mass is 10.1. The molecule has 0 heterocycles. The number of esters is 1. The van der Waals surface area contributed by atoms with Crippen LogP contribution in [0.25, 0.3) is 0 Å². The Kier molecular flexibility index (Phi) is 5.65. The Morgan fingerprint density at radius 2 is 1.95 bits per heavy atom. The summed E-state index contributed by atoms with van der Waals surface area (Å²) in [4.78, 5) is 23.2. The fraction of sp³-hybridized carbons (Fsp3) is 0.429. The molecule has 0 unspecified atom stereocenters. The fourth-order valence-electron chi connectivity index (χ4n) is 1.46. The highest BCUT2D eigenvalue weighted by Crippen LogP contribution is 2.17. The van der Waals surface area contributed by atoms with Crippen molar-refractivity contribution in [2.45, 2.75) is 26.4 Å². The van der Waals surface area contributed by atoms with Gasteiger partial charge in [0, 0.05) is 5.56 Å². The fourth-order valence-corrected chi connectivity index (χ4v) is 1.69. The quantitative estimate of drug-likeness (QED) is 0.671. The van der Waals surface area contributed by atoms with Gasteiger partial charge in [0.1, 0.15) is 11.4 Å². The van der Waals surface area contributed by atoms with E-state index in [0.29, 0.717) is 0 Å². The summed E-state index contributed by atoms with van der Waals surface area (Å²) in [6, 6.07) is 3.56. The first-order valence-corrected chi connectivity index (χ1v) is 6.47. The summed E-state index contributed by atoms with van der Waals surface area (Å²) in [7, 11) is 0. The van der Waals surface area contributed by atoms with Gasteiger partial charge in [0.25, 0.3) is 0 Å². The number of benzene rings is 1. The summed E-state index contributed by atoms with van der Waals surface area (Å²) in [5, 5.41) is 2.82. The topological polar surface area (TPSA) is 55.4 Å². The minimum Gasteiger partial charge on any atom is -0.459 e. The van der Waals surface area contributed by atoms with Crippen molar-refractivity contribution in [1.82, 2.24) is 5.32 Å². The summed E-state index contributed by atoms with van der Waals surface area (Å²) in [6.45, 7) is 5.03. The molecule has 110 valence electrons. The highest BCUT2D eigenvalue weighted by molar-refractivity contribution is 6.34. The normalized spacial score (nSPS) is 11.2. The molecule has 1 aromatic carbocycles. The van der Waals surface area contributed by atoms with Gasteiger partial charge in [-0.2, -0.15) is 0 Å². The molecule has 0 spiro atoms. The number of hydrogen-bond donors (Lipinski definition) is 1. The Hall–Kier alpha value is -1.46. The van der Waals surface area contributed by atoms with Crippen LogP contribution in [0.4, 0.5) is 4.39 Å². The maximum atomic E-state index is 13.0. The number of ketones is 1. The van der Waals surface area contributed by atoms with E-state index in [1.165, 1.54) is 12.1 Å². The van der Waals surface area contributed by atoms with E-state index >= 15 is 0 Å². The van der Waals surface area contributed by atoms with Crippen LogP contribution in [0.5, 0.6) is 0 Å². The average molecular weight is 302 g/mol. The van der Waals surface area contributed by atoms with Crippen LogP contribution < -0.4 is 5.32 Å². The van der Waals surface area contributed by atoms with Gasteiger partial charge in [-0.3, -0.25) is 14.9 Å². The molecule has 0 aliphatic heterocycles. The first-order chi connectivity index (χ1) is 9.19. The number of Topliss-reactive ketones (excluding diaryl/α,β-unsaturated/α-hetero) is 1. The summed E-state index contributed by atoms with van der Waals surface area (Å²) in [5.74, 6) is -1.39. The van der Waals surface area contributed by atoms with Gasteiger partial charge in [0.2, 0.25) is 0 Å². The van der Waals surface area contributed by atoms with Crippen molar-refractivity contribution >= 4 is 23.4 Å². The van der Waals surface area contributed by atoms with Crippen LogP contribution in [0.2, 0.25) is 5.02 Å². The maximum Gasteiger partial charge on any atom is 0.320 e. The molecule has 1 rings (SSSR count). The third kappa shape index (κ3) is 5.67. The van der Waals surface area contributed by atoms with E-state index < -0.39 is 23.2 Å². The minimum absolute atomic E-state index is 0.0864. The number of nitrogens with one attached hydrogen (secondary N) is 1. The lowest BCUT2D eigenvalue weighted by Crippen LogP contribution is -2.34. The smallest absolute Gasteiger partial charge is 0.320 e. The molecule has 0 amide bonds. The molecule has 0 aliphatic rings. The molecule has 0 fully saturated rings. The van der Waals surface area contributed by atoms with Gasteiger partial charge in [-0.05, 0) is 39.0 Å². The third-order valence-corrected chi connectivity index (χ3v) is 2.53. The molecule has 0 saturated carbocycles. The predicted molar refractivity (Wildman–Crippen MR) is 74.5 cm³/mol. The monoisotopic (exact) mass is 301 g/mol. The van der Waals surface area contributed by atoms with E-state index in [-0.39, 0.29) is 23.7 Å². The number of carbonyl (C=O) groups excluding carboxylic acids is 2. The summed E-state index contributed by atoms with van der Waals surface area (Å²) in [6.07, 6.45) is 0. The second kappa shape index (κ2) is 6.81. The molecule has 4 nitrogen and oxygen atoms in total. The zero-order valence-corrected chi connectivity index (χ0v) is 12.4. The lowest BCUT2D eigenvalue weighted by molar-refractivity contribution is -0.153. The molecular weight excluding hydrogens is 285 g/mol. The first kappa shape index (κ1) is 16.6. The van der Waals surface area contributed by atoms with E-state index in [9.17, 15) is 14.0 Å². The summed E-state index contributed by atoms with van der Waals surface area (Å²) in [5.41, 5.74) is -0.488. The number of rotatable bonds is 5. The van der Waals surface area contributed by atoms with Gasteiger partial charge >= 0.3 is 5.97 Å². The number of ether oxygens (including phenoxy) is 1. The third-order valence-electron chi connectivity index (χ3n) is 2.20. The van der Waals surface area contributed by atoms with Gasteiger partial charge in [0.05, 0.1) is 18.1 Å². The van der Waals surface area contributed by atoms with Crippen LogP contribution in [0.15, 0.2) is 18.2 Å². The van der Waals surface area contributed by atoms with Crippen molar-refractivity contribution < 1.29 is 18.7 Å². The lowest BCUT2D eigenvalue weighted by Gasteiger charge is -2.19. The van der Waals surface area contributed by atoms with Crippen molar-refractivity contribution in [2.75, 3.05) is 13.1 Å². The molecule has 0 aromatic heterocycles. The highest BCUT2D eigenvalue weighted by atomic mass is 35.5. The van der Waals surface area contributed by atoms with Gasteiger partial charge in [-0.25, -0.2) is 4.39 Å². The molecule has 0 radical (unpaired) electrons. The van der Waals surface area contributed by atoms with E-state index in [2.05, 4.69) is 5.32 Å². The van der Waals surface area contributed by atoms with E-state index in [1.807, 2.05) is 0 Å². The second-order valence-electron chi connectivity index (χ2n) is 5.24. The predicted octanol–water partition coefficient (Wildman–Crippen LogP) is 2.59. The Balaban J connectivity index is 2.48. The molecule has 0 saturated heterocycles. The molecule has 0 aliphatic carbocycles. The van der Waals surface area contributed by atoms with Crippen LogP contribution in [-0.4, -0.2) is 30.4 Å². The number of carbonyl (C=O) groups is 2. The SMILES string of the molecule is CC(C)(C)OC(=O)CNCC(=O)c1cc(F)ccc1Cl. The van der Waals surface area contributed by atoms with E-state index in [1.54, 1.807) is 20.8 Å². The van der Waals surface area contributed by atoms with Gasteiger partial charge in [-0.1, -0.05) is 11.6 Å². The van der Waals surface area contributed by atoms with Crippen LogP contribution in [0.3, 0.4) is 0 Å². The Morgan fingerprint density at radius 1 is 1.30 bits per heavy atom. The molecule has 1 N–H and O–H groups in total. The Morgan fingerprint density at radius 3 is 2.55 bits per heavy atom. The molecule has 0 atom stereocenters. The summed E-state index contributed by atoms with van der Waals surface area (Å²) < 4.78 is 18.1. The van der Waals surface area contributed by atoms with Gasteiger partial charge in [-0.15, -0.1) is 0 Å². The summed E-state index contributed by atoms with van der Waals surface area (Å²) >= 11 is 5.81. The molecule has 20 heavy (non-hydrogen) atoms. The van der Waals surface area contributed by atoms with Gasteiger partial charge < -0.3 is 4.74 Å². The maximum absolute atomic E-state index is 13.0. The first-order valence-electron chi connectivity index (χ1n) is 6.10. The molecule has 0 bridgehead atoms. The van der Waals surface area contributed by atoms with Crippen molar-refractivity contribution in [1.29, 1.82) is 0 Å². The standard InChI is InChI=1S/C14H17ClFNO3/c1-14(2,3)20-13(19)8-17-7-12(18)10-6-9(16)4-5-11(10)15/h4-6,17H,7-8H2,1-3H3. The van der Waals surface area contributed by atoms with Crippen LogP contribution >= 0.6 is 11.6 Å². The average Bonchev–Trinajstić information content (AvgIpc) is 2.29. The highest BCUT2D eigenvalue weighted by Gasteiger charge is 2.17. The minimum atomic E-state index is -0.575. The number of halogens is 2. The molecule has 1 aromatic rings. The Labute approximate surface area is 122 Å². The van der Waals surface area contributed by atoms with E-state index in [4.69, 9.17) is 16.3 Å². The van der Waals surface area contributed by atoms with Crippen molar-refractivity contribution in [3.63, 3.8) is 0 Å². The van der Waals surface area contributed by atoms with Crippen LogP contribution in [-0.2, 0) is 9.53 Å². The zero-order chi connectivity index (χ0) is 15.3. The van der Waals surface area contributed by atoms with Gasteiger partial charge in [0.15, 0.2) is 5.78 Å².